The van der Waals surface area contributed by atoms with Crippen molar-refractivity contribution in [1.82, 2.24) is 5.32 Å². The Balaban J connectivity index is 1.78. The van der Waals surface area contributed by atoms with E-state index >= 15 is 0 Å². The average molecular weight is 283 g/mol. The average Bonchev–Trinajstić information content (AvgIpc) is 2.51. The van der Waals surface area contributed by atoms with Gasteiger partial charge in [0.15, 0.2) is 0 Å². The maximum absolute atomic E-state index is 5.25. The van der Waals surface area contributed by atoms with Crippen molar-refractivity contribution in [2.24, 2.45) is 0 Å². The standard InChI is InChI=1S/C19H25NO/c1-15-6-4-7-17(12-15)11-10-16(2)20-14-18-8-5-9-19(13-18)21-3/h4-9,12-13,16,20H,10-11,14H2,1-3H3. The van der Waals surface area contributed by atoms with Crippen LogP contribution in [0.25, 0.3) is 0 Å². The molecule has 0 spiro atoms. The maximum atomic E-state index is 5.25. The highest BCUT2D eigenvalue weighted by Gasteiger charge is 2.03. The zero-order chi connectivity index (χ0) is 15.1. The van der Waals surface area contributed by atoms with Gasteiger partial charge in [-0.25, -0.2) is 0 Å². The molecule has 0 bridgehead atoms. The van der Waals surface area contributed by atoms with Crippen LogP contribution in [0, 0.1) is 6.92 Å². The largest absolute Gasteiger partial charge is 0.497 e. The fourth-order valence-electron chi connectivity index (χ4n) is 2.43. The number of hydrogen-bond donors (Lipinski definition) is 1. The Morgan fingerprint density at radius 1 is 1.05 bits per heavy atom. The van der Waals surface area contributed by atoms with Gasteiger partial charge in [0.05, 0.1) is 7.11 Å². The van der Waals surface area contributed by atoms with Crippen molar-refractivity contribution in [3.8, 4) is 5.75 Å². The van der Waals surface area contributed by atoms with Gasteiger partial charge < -0.3 is 10.1 Å². The fourth-order valence-corrected chi connectivity index (χ4v) is 2.43. The summed E-state index contributed by atoms with van der Waals surface area (Å²) in [5.41, 5.74) is 4.02. The van der Waals surface area contributed by atoms with E-state index in [0.717, 1.165) is 25.1 Å². The molecule has 0 fully saturated rings. The van der Waals surface area contributed by atoms with E-state index in [9.17, 15) is 0 Å². The molecule has 0 heterocycles. The van der Waals surface area contributed by atoms with Crippen LogP contribution in [-0.4, -0.2) is 13.2 Å². The predicted molar refractivity (Wildman–Crippen MR) is 88.8 cm³/mol. The Morgan fingerprint density at radius 2 is 1.81 bits per heavy atom. The third-order valence-corrected chi connectivity index (χ3v) is 3.74. The molecule has 0 aliphatic heterocycles. The van der Waals surface area contributed by atoms with E-state index in [-0.39, 0.29) is 0 Å². The van der Waals surface area contributed by atoms with Crippen LogP contribution >= 0.6 is 0 Å². The van der Waals surface area contributed by atoms with Crippen molar-refractivity contribution in [1.29, 1.82) is 0 Å². The molecule has 2 aromatic rings. The Kier molecular flexibility index (Phi) is 5.82. The minimum Gasteiger partial charge on any atom is -0.497 e. The Bertz CT molecular complexity index is 565. The summed E-state index contributed by atoms with van der Waals surface area (Å²) in [5.74, 6) is 0.918. The van der Waals surface area contributed by atoms with Gasteiger partial charge in [-0.3, -0.25) is 0 Å². The first-order valence-corrected chi connectivity index (χ1v) is 7.59. The van der Waals surface area contributed by atoms with Gasteiger partial charge in [-0.05, 0) is 49.9 Å². The van der Waals surface area contributed by atoms with E-state index in [2.05, 4.69) is 55.6 Å². The lowest BCUT2D eigenvalue weighted by Gasteiger charge is -2.14. The SMILES string of the molecule is COc1cccc(CNC(C)CCc2cccc(C)c2)c1. The van der Waals surface area contributed by atoms with Crippen LogP contribution in [0.1, 0.15) is 30.0 Å². The molecule has 0 saturated carbocycles. The smallest absolute Gasteiger partial charge is 0.119 e. The Hall–Kier alpha value is -1.80. The van der Waals surface area contributed by atoms with Crippen LogP contribution in [0.2, 0.25) is 0 Å². The molecule has 1 atom stereocenters. The second-order valence-electron chi connectivity index (χ2n) is 5.66. The molecule has 2 rings (SSSR count). The van der Waals surface area contributed by atoms with Crippen molar-refractivity contribution in [2.75, 3.05) is 7.11 Å². The lowest BCUT2D eigenvalue weighted by molar-refractivity contribution is 0.413. The van der Waals surface area contributed by atoms with Crippen molar-refractivity contribution < 1.29 is 4.74 Å². The van der Waals surface area contributed by atoms with Gasteiger partial charge in [-0.2, -0.15) is 0 Å². The van der Waals surface area contributed by atoms with E-state index in [1.165, 1.54) is 16.7 Å². The van der Waals surface area contributed by atoms with Gasteiger partial charge in [0.25, 0.3) is 0 Å². The van der Waals surface area contributed by atoms with Crippen molar-refractivity contribution >= 4 is 0 Å². The van der Waals surface area contributed by atoms with Gasteiger partial charge in [-0.1, -0.05) is 42.0 Å². The van der Waals surface area contributed by atoms with Crippen LogP contribution in [0.4, 0.5) is 0 Å². The summed E-state index contributed by atoms with van der Waals surface area (Å²) < 4.78 is 5.25. The summed E-state index contributed by atoms with van der Waals surface area (Å²) in [7, 11) is 1.71. The van der Waals surface area contributed by atoms with Crippen molar-refractivity contribution in [3.05, 3.63) is 65.2 Å². The molecule has 2 aromatic carbocycles. The number of hydrogen-bond acceptors (Lipinski definition) is 2. The third-order valence-electron chi connectivity index (χ3n) is 3.74. The van der Waals surface area contributed by atoms with Crippen LogP contribution in [-0.2, 0) is 13.0 Å². The molecule has 1 N–H and O–H groups in total. The van der Waals surface area contributed by atoms with E-state index in [1.54, 1.807) is 7.11 Å². The second kappa shape index (κ2) is 7.84. The quantitative estimate of drug-likeness (QED) is 0.825. The normalized spacial score (nSPS) is 12.1. The zero-order valence-electron chi connectivity index (χ0n) is 13.2. The minimum atomic E-state index is 0.497. The topological polar surface area (TPSA) is 21.3 Å². The summed E-state index contributed by atoms with van der Waals surface area (Å²) in [6.07, 6.45) is 2.27. The summed E-state index contributed by atoms with van der Waals surface area (Å²) in [4.78, 5) is 0. The molecule has 21 heavy (non-hydrogen) atoms. The predicted octanol–water partition coefficient (Wildman–Crippen LogP) is 4.11. The number of methoxy groups -OCH3 is 1. The van der Waals surface area contributed by atoms with Crippen LogP contribution in [0.15, 0.2) is 48.5 Å². The van der Waals surface area contributed by atoms with Gasteiger partial charge >= 0.3 is 0 Å². The minimum absolute atomic E-state index is 0.497. The van der Waals surface area contributed by atoms with Crippen molar-refractivity contribution in [3.63, 3.8) is 0 Å². The first-order chi connectivity index (χ1) is 10.2. The molecule has 0 radical (unpaired) electrons. The molecule has 1 unspecified atom stereocenters. The molecule has 0 amide bonds. The lowest BCUT2D eigenvalue weighted by Crippen LogP contribution is -2.25. The summed E-state index contributed by atoms with van der Waals surface area (Å²) in [6.45, 7) is 5.27. The third kappa shape index (κ3) is 5.24. The lowest BCUT2D eigenvalue weighted by atomic mass is 10.0. The van der Waals surface area contributed by atoms with E-state index in [0.29, 0.717) is 6.04 Å². The van der Waals surface area contributed by atoms with Gasteiger partial charge in [0, 0.05) is 12.6 Å². The number of aryl methyl sites for hydroxylation is 2. The molecule has 2 nitrogen and oxygen atoms in total. The summed E-state index contributed by atoms with van der Waals surface area (Å²) in [6, 6.07) is 17.5. The van der Waals surface area contributed by atoms with Crippen LogP contribution in [0.3, 0.4) is 0 Å². The second-order valence-corrected chi connectivity index (χ2v) is 5.66. The fraction of sp³-hybridized carbons (Fsp3) is 0.368. The first-order valence-electron chi connectivity index (χ1n) is 7.59. The van der Waals surface area contributed by atoms with Crippen LogP contribution < -0.4 is 10.1 Å². The molecule has 0 aliphatic carbocycles. The number of ether oxygens (including phenoxy) is 1. The highest BCUT2D eigenvalue weighted by molar-refractivity contribution is 5.28. The van der Waals surface area contributed by atoms with Crippen LogP contribution in [0.5, 0.6) is 5.75 Å². The van der Waals surface area contributed by atoms with E-state index < -0.39 is 0 Å². The monoisotopic (exact) mass is 283 g/mol. The maximum Gasteiger partial charge on any atom is 0.119 e. The molecular weight excluding hydrogens is 258 g/mol. The highest BCUT2D eigenvalue weighted by atomic mass is 16.5. The van der Waals surface area contributed by atoms with Crippen molar-refractivity contribution in [2.45, 2.75) is 39.3 Å². The molecule has 0 saturated heterocycles. The summed E-state index contributed by atoms with van der Waals surface area (Å²) in [5, 5.41) is 3.58. The number of nitrogens with one attached hydrogen (secondary N) is 1. The Labute approximate surface area is 128 Å². The number of benzene rings is 2. The molecule has 0 aromatic heterocycles. The molecule has 2 heteroatoms. The van der Waals surface area contributed by atoms with E-state index in [1.807, 2.05) is 12.1 Å². The highest BCUT2D eigenvalue weighted by Crippen LogP contribution is 2.13. The number of rotatable bonds is 7. The summed E-state index contributed by atoms with van der Waals surface area (Å²) >= 11 is 0. The molecular formula is C19H25NO. The van der Waals surface area contributed by atoms with E-state index in [4.69, 9.17) is 4.74 Å². The first kappa shape index (κ1) is 15.6. The molecule has 112 valence electrons. The van der Waals surface area contributed by atoms with Gasteiger partial charge in [-0.15, -0.1) is 0 Å². The Morgan fingerprint density at radius 3 is 2.57 bits per heavy atom. The molecule has 0 aliphatic rings. The van der Waals surface area contributed by atoms with Gasteiger partial charge in [0.1, 0.15) is 5.75 Å². The zero-order valence-corrected chi connectivity index (χ0v) is 13.2. The van der Waals surface area contributed by atoms with Gasteiger partial charge in [0.2, 0.25) is 0 Å².